The topological polar surface area (TPSA) is 54.4 Å². The third-order valence-corrected chi connectivity index (χ3v) is 7.56. The molecule has 1 aromatic carbocycles. The van der Waals surface area contributed by atoms with Crippen molar-refractivity contribution < 1.29 is 14.1 Å². The van der Waals surface area contributed by atoms with Crippen LogP contribution in [0, 0.1) is 24.2 Å². The molecule has 0 fully saturated rings. The lowest BCUT2D eigenvalue weighted by Gasteiger charge is -2.54. The number of fused-ring (bicyclic) bond motifs is 1. The number of carbonyl (C=O) groups is 1. The second-order valence-electron chi connectivity index (χ2n) is 7.78. The summed E-state index contributed by atoms with van der Waals surface area (Å²) in [6.45, 7) is 7.76. The summed E-state index contributed by atoms with van der Waals surface area (Å²) in [5.41, 5.74) is -0.172. The highest BCUT2D eigenvalue weighted by Gasteiger charge is 2.59. The Kier molecular flexibility index (Phi) is 4.63. The first-order valence-corrected chi connectivity index (χ1v) is 10.1. The Bertz CT molecular complexity index is 777. The predicted molar refractivity (Wildman–Crippen MR) is 101 cm³/mol. The first kappa shape index (κ1) is 18.3. The maximum atomic E-state index is 13.0. The van der Waals surface area contributed by atoms with E-state index in [0.29, 0.717) is 16.9 Å². The molecule has 134 valence electrons. The molecule has 3 nitrogen and oxygen atoms in total. The fourth-order valence-corrected chi connectivity index (χ4v) is 6.00. The van der Waals surface area contributed by atoms with E-state index in [2.05, 4.69) is 6.08 Å². The number of benzene rings is 1. The largest absolute Gasteiger partial charge is 0.384 e. The molecule has 25 heavy (non-hydrogen) atoms. The van der Waals surface area contributed by atoms with Crippen LogP contribution in [0.2, 0.25) is 0 Å². The molecule has 1 aromatic rings. The van der Waals surface area contributed by atoms with Crippen LogP contribution < -0.4 is 0 Å². The van der Waals surface area contributed by atoms with Gasteiger partial charge in [-0.15, -0.1) is 0 Å². The Balaban J connectivity index is 2.01. The van der Waals surface area contributed by atoms with Gasteiger partial charge in [-0.2, -0.15) is 0 Å². The van der Waals surface area contributed by atoms with Gasteiger partial charge in [-0.25, -0.2) is 0 Å². The molecule has 2 aliphatic carbocycles. The molecule has 0 amide bonds. The van der Waals surface area contributed by atoms with E-state index >= 15 is 0 Å². The van der Waals surface area contributed by atoms with Crippen LogP contribution >= 0.6 is 0 Å². The molecular formula is C21H26O3S. The van der Waals surface area contributed by atoms with Crippen LogP contribution in [-0.4, -0.2) is 26.5 Å². The second-order valence-corrected chi connectivity index (χ2v) is 9.23. The zero-order valence-corrected chi connectivity index (χ0v) is 16.1. The summed E-state index contributed by atoms with van der Waals surface area (Å²) in [7, 11) is -1.34. The van der Waals surface area contributed by atoms with Crippen LogP contribution in [0.25, 0.3) is 0 Å². The van der Waals surface area contributed by atoms with Gasteiger partial charge in [-0.05, 0) is 50.0 Å². The van der Waals surface area contributed by atoms with Crippen molar-refractivity contribution in [3.05, 3.63) is 53.6 Å². The molecule has 0 radical (unpaired) electrons. The standard InChI is InChI=1S/C21H26O3S/c1-14-7-9-17(10-8-14)25(24)13-21(23)16(3)12-18(22)19-15(2)6-5-11-20(19,21)4/h5-10,12,15,19,23H,11,13H2,1-4H3/t15-,19+,20+,21-,25-/m1/s1. The molecule has 0 aliphatic heterocycles. The SMILES string of the molecule is CC1=CC(=O)[C@@H]2[C@H](C)C=CC[C@]2(C)[C@@]1(O)C[S@@](=O)c1ccc(C)cc1. The van der Waals surface area contributed by atoms with E-state index in [4.69, 9.17) is 0 Å². The summed E-state index contributed by atoms with van der Waals surface area (Å²) in [5.74, 6) is -0.0297. The van der Waals surface area contributed by atoms with Gasteiger partial charge in [0.25, 0.3) is 0 Å². The number of rotatable bonds is 3. The maximum Gasteiger partial charge on any atom is 0.160 e. The minimum absolute atomic E-state index is 0.0648. The quantitative estimate of drug-likeness (QED) is 0.840. The van der Waals surface area contributed by atoms with Crippen LogP contribution in [0.15, 0.2) is 53.0 Å². The lowest BCUT2D eigenvalue weighted by molar-refractivity contribution is -0.138. The van der Waals surface area contributed by atoms with Crippen LogP contribution in [0.5, 0.6) is 0 Å². The van der Waals surface area contributed by atoms with Crippen molar-refractivity contribution in [2.45, 2.75) is 44.6 Å². The summed E-state index contributed by atoms with van der Waals surface area (Å²) < 4.78 is 13.0. The van der Waals surface area contributed by atoms with E-state index < -0.39 is 21.8 Å². The maximum absolute atomic E-state index is 13.0. The Hall–Kier alpha value is -1.52. The average molecular weight is 359 g/mol. The highest BCUT2D eigenvalue weighted by molar-refractivity contribution is 7.85. The lowest BCUT2D eigenvalue weighted by atomic mass is 9.52. The molecule has 0 unspecified atom stereocenters. The monoisotopic (exact) mass is 358 g/mol. The molecule has 1 N–H and O–H groups in total. The van der Waals surface area contributed by atoms with Gasteiger partial charge in [0.15, 0.2) is 5.78 Å². The van der Waals surface area contributed by atoms with Gasteiger partial charge in [-0.3, -0.25) is 9.00 Å². The van der Waals surface area contributed by atoms with Crippen molar-refractivity contribution in [3.8, 4) is 0 Å². The molecule has 0 saturated heterocycles. The Morgan fingerprint density at radius 3 is 2.52 bits per heavy atom. The van der Waals surface area contributed by atoms with Crippen molar-refractivity contribution in [1.82, 2.24) is 0 Å². The van der Waals surface area contributed by atoms with Crippen LogP contribution in [-0.2, 0) is 15.6 Å². The molecule has 3 rings (SSSR count). The number of aliphatic hydroxyl groups is 1. The fourth-order valence-electron chi connectivity index (χ4n) is 4.46. The Labute approximate surface area is 152 Å². The van der Waals surface area contributed by atoms with E-state index in [0.717, 1.165) is 5.56 Å². The van der Waals surface area contributed by atoms with Gasteiger partial charge in [0.2, 0.25) is 0 Å². The predicted octanol–water partition coefficient (Wildman–Crippen LogP) is 3.58. The van der Waals surface area contributed by atoms with Gasteiger partial charge >= 0.3 is 0 Å². The summed E-state index contributed by atoms with van der Waals surface area (Å²) in [6, 6.07) is 7.57. The molecular weight excluding hydrogens is 332 g/mol. The minimum atomic E-state index is -1.34. The number of hydrogen-bond acceptors (Lipinski definition) is 3. The molecule has 2 aliphatic rings. The van der Waals surface area contributed by atoms with Gasteiger partial charge in [0.05, 0.1) is 16.6 Å². The van der Waals surface area contributed by atoms with E-state index in [1.165, 1.54) is 0 Å². The minimum Gasteiger partial charge on any atom is -0.384 e. The molecule has 5 atom stereocenters. The van der Waals surface area contributed by atoms with Crippen molar-refractivity contribution >= 4 is 16.6 Å². The number of allylic oxidation sites excluding steroid dienone is 3. The lowest BCUT2D eigenvalue weighted by Crippen LogP contribution is -2.61. The van der Waals surface area contributed by atoms with E-state index in [1.807, 2.05) is 51.1 Å². The molecule has 0 spiro atoms. The molecule has 4 heteroatoms. The zero-order chi connectivity index (χ0) is 18.4. The van der Waals surface area contributed by atoms with E-state index in [1.54, 1.807) is 13.0 Å². The van der Waals surface area contributed by atoms with Gasteiger partial charge < -0.3 is 5.11 Å². The van der Waals surface area contributed by atoms with Crippen molar-refractivity contribution in [3.63, 3.8) is 0 Å². The number of hydrogen-bond donors (Lipinski definition) is 1. The summed E-state index contributed by atoms with van der Waals surface area (Å²) >= 11 is 0. The summed E-state index contributed by atoms with van der Waals surface area (Å²) in [4.78, 5) is 13.3. The third-order valence-electron chi connectivity index (χ3n) is 6.08. The van der Waals surface area contributed by atoms with Gasteiger partial charge in [0, 0.05) is 16.2 Å². The normalized spacial score (nSPS) is 35.9. The number of aryl methyl sites for hydroxylation is 1. The first-order valence-electron chi connectivity index (χ1n) is 8.76. The smallest absolute Gasteiger partial charge is 0.160 e. The first-order chi connectivity index (χ1) is 11.7. The molecule has 0 bridgehead atoms. The van der Waals surface area contributed by atoms with Gasteiger partial charge in [-0.1, -0.05) is 43.7 Å². The zero-order valence-electron chi connectivity index (χ0n) is 15.3. The van der Waals surface area contributed by atoms with E-state index in [-0.39, 0.29) is 23.4 Å². The van der Waals surface area contributed by atoms with Crippen molar-refractivity contribution in [1.29, 1.82) is 0 Å². The third kappa shape index (κ3) is 2.85. The van der Waals surface area contributed by atoms with Crippen LogP contribution in [0.4, 0.5) is 0 Å². The van der Waals surface area contributed by atoms with E-state index in [9.17, 15) is 14.1 Å². The van der Waals surface area contributed by atoms with Crippen LogP contribution in [0.3, 0.4) is 0 Å². The fraction of sp³-hybridized carbons (Fsp3) is 0.476. The molecule has 0 heterocycles. The Morgan fingerprint density at radius 1 is 1.24 bits per heavy atom. The number of ketones is 1. The average Bonchev–Trinajstić information content (AvgIpc) is 2.53. The number of carbonyl (C=O) groups excluding carboxylic acids is 1. The van der Waals surface area contributed by atoms with Crippen LogP contribution in [0.1, 0.15) is 32.8 Å². The highest BCUT2D eigenvalue weighted by Crippen LogP contribution is 2.54. The van der Waals surface area contributed by atoms with Gasteiger partial charge in [0.1, 0.15) is 5.60 Å². The molecule has 0 saturated carbocycles. The molecule has 0 aromatic heterocycles. The van der Waals surface area contributed by atoms with Crippen molar-refractivity contribution in [2.75, 3.05) is 5.75 Å². The second kappa shape index (κ2) is 6.33. The Morgan fingerprint density at radius 2 is 1.88 bits per heavy atom. The highest BCUT2D eigenvalue weighted by atomic mass is 32.2. The van der Waals surface area contributed by atoms with Crippen molar-refractivity contribution in [2.24, 2.45) is 17.3 Å². The summed E-state index contributed by atoms with van der Waals surface area (Å²) in [5, 5.41) is 11.7. The summed E-state index contributed by atoms with van der Waals surface area (Å²) in [6.07, 6.45) is 6.28.